The van der Waals surface area contributed by atoms with Crippen molar-refractivity contribution in [3.8, 4) is 6.07 Å². The summed E-state index contributed by atoms with van der Waals surface area (Å²) >= 11 is 1.72. The second-order valence-corrected chi connectivity index (χ2v) is 6.77. The maximum atomic E-state index is 9.97. The molecule has 0 spiro atoms. The van der Waals surface area contributed by atoms with Gasteiger partial charge in [-0.3, -0.25) is 4.98 Å². The van der Waals surface area contributed by atoms with Crippen molar-refractivity contribution in [1.29, 1.82) is 5.26 Å². The summed E-state index contributed by atoms with van der Waals surface area (Å²) in [5, 5.41) is 19.4. The molecule has 0 aliphatic heterocycles. The summed E-state index contributed by atoms with van der Waals surface area (Å²) < 4.78 is 3.54. The van der Waals surface area contributed by atoms with Gasteiger partial charge >= 0.3 is 0 Å². The van der Waals surface area contributed by atoms with Gasteiger partial charge in [-0.1, -0.05) is 0 Å². The van der Waals surface area contributed by atoms with Crippen LogP contribution in [0.3, 0.4) is 0 Å². The minimum Gasteiger partial charge on any atom is -0.393 e. The van der Waals surface area contributed by atoms with E-state index in [9.17, 15) is 5.11 Å². The molecular weight excluding hydrogens is 308 g/mol. The standard InChI is InChI=1S/C15H17N3OS.C2H3N/c1-9-17-13-8-16-12-5-6-20-15(12)14(13)18(9)10-3-2-4-11(19)7-10;1-2-3/h5-6,8,10-11,19H,2-4,7H2,1H3;1H3. The summed E-state index contributed by atoms with van der Waals surface area (Å²) in [7, 11) is 0. The second-order valence-electron chi connectivity index (χ2n) is 5.85. The minimum absolute atomic E-state index is 0.175. The number of imidazole rings is 1. The molecule has 1 N–H and O–H groups in total. The molecule has 0 aromatic carbocycles. The molecule has 1 fully saturated rings. The number of thiophene rings is 1. The average molecular weight is 328 g/mol. The smallest absolute Gasteiger partial charge is 0.109 e. The molecule has 3 aromatic heterocycles. The normalized spacial score (nSPS) is 21.0. The van der Waals surface area contributed by atoms with Gasteiger partial charge in [-0.15, -0.1) is 11.3 Å². The van der Waals surface area contributed by atoms with Gasteiger partial charge in [-0.25, -0.2) is 4.98 Å². The Labute approximate surface area is 139 Å². The van der Waals surface area contributed by atoms with E-state index in [1.54, 1.807) is 17.4 Å². The predicted molar refractivity (Wildman–Crippen MR) is 92.4 cm³/mol. The molecule has 120 valence electrons. The van der Waals surface area contributed by atoms with Crippen LogP contribution in [0.2, 0.25) is 0 Å². The number of nitrogens with zero attached hydrogens (tertiary/aromatic N) is 4. The molecule has 3 aromatic rings. The Bertz CT molecular complexity index is 861. The fraction of sp³-hybridized carbons (Fsp3) is 0.471. The zero-order chi connectivity index (χ0) is 16.4. The van der Waals surface area contributed by atoms with E-state index < -0.39 is 0 Å². The van der Waals surface area contributed by atoms with E-state index in [2.05, 4.69) is 32.9 Å². The maximum Gasteiger partial charge on any atom is 0.109 e. The lowest BCUT2D eigenvalue weighted by atomic mass is 9.92. The van der Waals surface area contributed by atoms with Gasteiger partial charge in [0, 0.05) is 13.0 Å². The van der Waals surface area contributed by atoms with Crippen LogP contribution in [0.4, 0.5) is 0 Å². The number of nitriles is 1. The molecule has 3 heterocycles. The highest BCUT2D eigenvalue weighted by Crippen LogP contribution is 2.36. The largest absolute Gasteiger partial charge is 0.393 e. The van der Waals surface area contributed by atoms with Gasteiger partial charge in [0.2, 0.25) is 0 Å². The third kappa shape index (κ3) is 2.94. The van der Waals surface area contributed by atoms with Crippen molar-refractivity contribution in [3.05, 3.63) is 23.5 Å². The number of hydrogen-bond acceptors (Lipinski definition) is 5. The molecule has 6 heteroatoms. The van der Waals surface area contributed by atoms with Gasteiger partial charge in [0.25, 0.3) is 0 Å². The summed E-state index contributed by atoms with van der Waals surface area (Å²) in [6.07, 6.45) is 5.67. The lowest BCUT2D eigenvalue weighted by molar-refractivity contribution is 0.104. The van der Waals surface area contributed by atoms with Crippen molar-refractivity contribution in [2.24, 2.45) is 0 Å². The molecule has 0 radical (unpaired) electrons. The SMILES string of the molecule is CC#N.Cc1nc2cnc3ccsc3c2n1C1CCCC(O)C1. The summed E-state index contributed by atoms with van der Waals surface area (Å²) in [5.74, 6) is 1.03. The Balaban J connectivity index is 0.000000485. The first-order valence-electron chi connectivity index (χ1n) is 7.85. The van der Waals surface area contributed by atoms with Crippen LogP contribution in [0, 0.1) is 18.3 Å². The topological polar surface area (TPSA) is 74.7 Å². The van der Waals surface area contributed by atoms with E-state index in [4.69, 9.17) is 5.26 Å². The van der Waals surface area contributed by atoms with Gasteiger partial charge in [0.05, 0.1) is 34.1 Å². The Morgan fingerprint density at radius 3 is 2.91 bits per heavy atom. The maximum absolute atomic E-state index is 9.97. The molecule has 2 atom stereocenters. The summed E-state index contributed by atoms with van der Waals surface area (Å²) in [4.78, 5) is 9.14. The highest BCUT2D eigenvalue weighted by atomic mass is 32.1. The van der Waals surface area contributed by atoms with Crippen LogP contribution in [-0.2, 0) is 0 Å². The lowest BCUT2D eigenvalue weighted by Gasteiger charge is -2.28. The highest BCUT2D eigenvalue weighted by molar-refractivity contribution is 7.18. The molecular formula is C17H20N4OS. The van der Waals surface area contributed by atoms with Gasteiger partial charge in [0.15, 0.2) is 0 Å². The van der Waals surface area contributed by atoms with Crippen LogP contribution in [0.15, 0.2) is 17.6 Å². The average Bonchev–Trinajstić information content (AvgIpc) is 3.10. The highest BCUT2D eigenvalue weighted by Gasteiger charge is 2.25. The molecule has 23 heavy (non-hydrogen) atoms. The van der Waals surface area contributed by atoms with Gasteiger partial charge < -0.3 is 9.67 Å². The number of aromatic nitrogens is 3. The zero-order valence-electron chi connectivity index (χ0n) is 13.4. The number of pyridine rings is 1. The van der Waals surface area contributed by atoms with Crippen molar-refractivity contribution in [1.82, 2.24) is 14.5 Å². The molecule has 0 saturated heterocycles. The monoisotopic (exact) mass is 328 g/mol. The first-order valence-corrected chi connectivity index (χ1v) is 8.73. The van der Waals surface area contributed by atoms with Gasteiger partial charge in [0.1, 0.15) is 11.3 Å². The van der Waals surface area contributed by atoms with E-state index in [0.29, 0.717) is 6.04 Å². The molecule has 0 amide bonds. The van der Waals surface area contributed by atoms with E-state index >= 15 is 0 Å². The fourth-order valence-corrected chi connectivity index (χ4v) is 4.30. The lowest BCUT2D eigenvalue weighted by Crippen LogP contribution is -2.23. The Morgan fingerprint density at radius 2 is 2.17 bits per heavy atom. The molecule has 1 aliphatic rings. The predicted octanol–water partition coefficient (Wildman–Crippen LogP) is 3.96. The first-order chi connectivity index (χ1) is 11.2. The van der Waals surface area contributed by atoms with Crippen LogP contribution >= 0.6 is 11.3 Å². The number of aliphatic hydroxyl groups is 1. The van der Waals surface area contributed by atoms with Crippen LogP contribution < -0.4 is 0 Å². The zero-order valence-corrected chi connectivity index (χ0v) is 14.2. The number of fused-ring (bicyclic) bond motifs is 3. The van der Waals surface area contributed by atoms with E-state index in [1.807, 2.05) is 6.20 Å². The number of hydrogen-bond donors (Lipinski definition) is 1. The van der Waals surface area contributed by atoms with Crippen LogP contribution in [0.25, 0.3) is 21.3 Å². The van der Waals surface area contributed by atoms with Crippen LogP contribution in [-0.4, -0.2) is 25.7 Å². The third-order valence-corrected chi connectivity index (χ3v) is 5.19. The summed E-state index contributed by atoms with van der Waals surface area (Å²) in [6.45, 7) is 3.49. The van der Waals surface area contributed by atoms with Crippen molar-refractivity contribution in [3.63, 3.8) is 0 Å². The molecule has 5 nitrogen and oxygen atoms in total. The first kappa shape index (κ1) is 15.9. The quantitative estimate of drug-likeness (QED) is 0.733. The van der Waals surface area contributed by atoms with Crippen molar-refractivity contribution >= 4 is 32.6 Å². The molecule has 1 saturated carbocycles. The van der Waals surface area contributed by atoms with Crippen molar-refractivity contribution in [2.75, 3.05) is 0 Å². The van der Waals surface area contributed by atoms with Crippen molar-refractivity contribution in [2.45, 2.75) is 51.7 Å². The Kier molecular flexibility index (Phi) is 4.60. The molecule has 0 bridgehead atoms. The van der Waals surface area contributed by atoms with Crippen LogP contribution in [0.1, 0.15) is 44.5 Å². The molecule has 1 aliphatic carbocycles. The van der Waals surface area contributed by atoms with Gasteiger partial charge in [-0.2, -0.15) is 5.26 Å². The number of aryl methyl sites for hydroxylation is 1. The van der Waals surface area contributed by atoms with Gasteiger partial charge in [-0.05, 0) is 44.1 Å². The Morgan fingerprint density at radius 1 is 1.39 bits per heavy atom. The molecule has 2 unspecified atom stereocenters. The molecule has 4 rings (SSSR count). The van der Waals surface area contributed by atoms with Crippen LogP contribution in [0.5, 0.6) is 0 Å². The Hall–Kier alpha value is -1.97. The van der Waals surface area contributed by atoms with E-state index in [1.165, 1.54) is 17.1 Å². The van der Waals surface area contributed by atoms with E-state index in [-0.39, 0.29) is 6.10 Å². The minimum atomic E-state index is -0.175. The summed E-state index contributed by atoms with van der Waals surface area (Å²) in [6, 6.07) is 4.17. The third-order valence-electron chi connectivity index (χ3n) is 4.28. The number of aliphatic hydroxyl groups excluding tert-OH is 1. The number of rotatable bonds is 1. The second kappa shape index (κ2) is 6.65. The van der Waals surface area contributed by atoms with E-state index in [0.717, 1.165) is 42.5 Å². The fourth-order valence-electron chi connectivity index (χ4n) is 3.41. The summed E-state index contributed by atoms with van der Waals surface area (Å²) in [5.41, 5.74) is 3.21. The van der Waals surface area contributed by atoms with Crippen molar-refractivity contribution < 1.29 is 5.11 Å².